The third-order valence-corrected chi connectivity index (χ3v) is 4.41. The fraction of sp³-hybridized carbons (Fsp3) is 0.188. The second-order valence-electron chi connectivity index (χ2n) is 5.06. The van der Waals surface area contributed by atoms with Gasteiger partial charge < -0.3 is 4.74 Å². The van der Waals surface area contributed by atoms with Gasteiger partial charge >= 0.3 is 12.1 Å². The molecule has 0 saturated heterocycles. The SMILES string of the molecule is CCOC(=O)c1cnn(-c2nc(-c3ccc(Cl)cc3)cs2)c1C(F)(F)F. The molecule has 5 nitrogen and oxygen atoms in total. The van der Waals surface area contributed by atoms with Crippen molar-refractivity contribution < 1.29 is 22.7 Å². The van der Waals surface area contributed by atoms with Crippen LogP contribution in [-0.2, 0) is 10.9 Å². The van der Waals surface area contributed by atoms with Crippen LogP contribution >= 0.6 is 22.9 Å². The summed E-state index contributed by atoms with van der Waals surface area (Å²) in [6.45, 7) is 1.47. The highest BCUT2D eigenvalue weighted by Gasteiger charge is 2.41. The molecule has 0 fully saturated rings. The molecule has 0 amide bonds. The summed E-state index contributed by atoms with van der Waals surface area (Å²) in [5.41, 5.74) is -0.693. The first-order chi connectivity index (χ1) is 12.3. The van der Waals surface area contributed by atoms with E-state index in [1.165, 1.54) is 6.92 Å². The Morgan fingerprint density at radius 1 is 1.31 bits per heavy atom. The van der Waals surface area contributed by atoms with E-state index < -0.39 is 23.4 Å². The van der Waals surface area contributed by atoms with E-state index in [0.717, 1.165) is 17.5 Å². The van der Waals surface area contributed by atoms with Crippen molar-refractivity contribution in [3.8, 4) is 16.4 Å². The standard InChI is InChI=1S/C16H11ClF3N3O2S/c1-2-25-14(24)11-7-21-23(13(11)16(18,19)20)15-22-12(8-26-15)9-3-5-10(17)6-4-9/h3-8H,2H2,1H3. The van der Waals surface area contributed by atoms with Gasteiger partial charge in [0.25, 0.3) is 0 Å². The minimum absolute atomic E-state index is 0.0159. The molecular weight excluding hydrogens is 391 g/mol. The Hall–Kier alpha value is -2.39. The number of alkyl halides is 3. The van der Waals surface area contributed by atoms with E-state index >= 15 is 0 Å². The summed E-state index contributed by atoms with van der Waals surface area (Å²) in [5.74, 6) is -1.08. The van der Waals surface area contributed by atoms with E-state index in [9.17, 15) is 18.0 Å². The summed E-state index contributed by atoms with van der Waals surface area (Å²) in [5, 5.41) is 5.82. The van der Waals surface area contributed by atoms with Gasteiger partial charge in [-0.2, -0.15) is 18.3 Å². The normalized spacial score (nSPS) is 11.6. The minimum Gasteiger partial charge on any atom is -0.462 e. The van der Waals surface area contributed by atoms with E-state index in [-0.39, 0.29) is 11.7 Å². The van der Waals surface area contributed by atoms with Crippen LogP contribution in [0.15, 0.2) is 35.8 Å². The molecule has 2 aromatic heterocycles. The molecule has 2 heterocycles. The van der Waals surface area contributed by atoms with Crippen molar-refractivity contribution in [3.63, 3.8) is 0 Å². The predicted octanol–water partition coefficient (Wildman–Crippen LogP) is 4.84. The minimum atomic E-state index is -4.80. The maximum absolute atomic E-state index is 13.5. The number of thiazole rings is 1. The first-order valence-corrected chi connectivity index (χ1v) is 8.61. The van der Waals surface area contributed by atoms with Gasteiger partial charge in [0.15, 0.2) is 5.69 Å². The number of rotatable bonds is 4. The Bertz CT molecular complexity index is 935. The maximum Gasteiger partial charge on any atom is 0.434 e. The Morgan fingerprint density at radius 2 is 2.00 bits per heavy atom. The van der Waals surface area contributed by atoms with Crippen LogP contribution in [0.1, 0.15) is 23.0 Å². The third kappa shape index (κ3) is 3.58. The highest BCUT2D eigenvalue weighted by Crippen LogP contribution is 2.35. The lowest BCUT2D eigenvalue weighted by Gasteiger charge is -2.10. The largest absolute Gasteiger partial charge is 0.462 e. The molecule has 0 aliphatic carbocycles. The fourth-order valence-corrected chi connectivity index (χ4v) is 3.16. The second-order valence-corrected chi connectivity index (χ2v) is 6.33. The van der Waals surface area contributed by atoms with Gasteiger partial charge in [0.1, 0.15) is 5.56 Å². The van der Waals surface area contributed by atoms with Gasteiger partial charge in [-0.15, -0.1) is 11.3 Å². The van der Waals surface area contributed by atoms with Crippen LogP contribution in [0.5, 0.6) is 0 Å². The van der Waals surface area contributed by atoms with Gasteiger partial charge in [-0.3, -0.25) is 0 Å². The summed E-state index contributed by atoms with van der Waals surface area (Å²) >= 11 is 6.80. The molecule has 0 saturated carbocycles. The van der Waals surface area contributed by atoms with E-state index in [1.807, 2.05) is 0 Å². The number of nitrogens with zero attached hydrogens (tertiary/aromatic N) is 3. The number of hydrogen-bond acceptors (Lipinski definition) is 5. The Balaban J connectivity index is 2.05. The van der Waals surface area contributed by atoms with Crippen molar-refractivity contribution in [1.29, 1.82) is 0 Å². The molecule has 26 heavy (non-hydrogen) atoms. The molecule has 136 valence electrons. The summed E-state index contributed by atoms with van der Waals surface area (Å²) in [7, 11) is 0. The predicted molar refractivity (Wildman–Crippen MR) is 90.6 cm³/mol. The molecular formula is C16H11ClF3N3O2S. The highest BCUT2D eigenvalue weighted by molar-refractivity contribution is 7.12. The molecule has 1 aromatic carbocycles. The number of halogens is 4. The van der Waals surface area contributed by atoms with E-state index in [1.54, 1.807) is 29.6 Å². The van der Waals surface area contributed by atoms with Crippen LogP contribution < -0.4 is 0 Å². The van der Waals surface area contributed by atoms with Crippen LogP contribution in [-0.4, -0.2) is 27.3 Å². The third-order valence-electron chi connectivity index (χ3n) is 3.35. The topological polar surface area (TPSA) is 57.0 Å². The number of hydrogen-bond donors (Lipinski definition) is 0. The average Bonchev–Trinajstić information content (AvgIpc) is 3.22. The zero-order valence-electron chi connectivity index (χ0n) is 13.2. The van der Waals surface area contributed by atoms with Gasteiger partial charge in [0.2, 0.25) is 5.13 Å². The van der Waals surface area contributed by atoms with Gasteiger partial charge in [-0.1, -0.05) is 23.7 Å². The zero-order chi connectivity index (χ0) is 18.9. The average molecular weight is 402 g/mol. The van der Waals surface area contributed by atoms with Crippen molar-refractivity contribution in [1.82, 2.24) is 14.8 Å². The monoisotopic (exact) mass is 401 g/mol. The molecule has 0 atom stereocenters. The number of aromatic nitrogens is 3. The van der Waals surface area contributed by atoms with Crippen molar-refractivity contribution in [2.45, 2.75) is 13.1 Å². The van der Waals surface area contributed by atoms with Crippen LogP contribution in [0.2, 0.25) is 5.02 Å². The van der Waals surface area contributed by atoms with E-state index in [2.05, 4.69) is 14.8 Å². The van der Waals surface area contributed by atoms with Gasteiger partial charge in [0, 0.05) is 16.0 Å². The fourth-order valence-electron chi connectivity index (χ4n) is 2.24. The summed E-state index contributed by atoms with van der Waals surface area (Å²) in [4.78, 5) is 16.0. The van der Waals surface area contributed by atoms with Crippen molar-refractivity contribution in [2.24, 2.45) is 0 Å². The van der Waals surface area contributed by atoms with Crippen LogP contribution in [0, 0.1) is 0 Å². The van der Waals surface area contributed by atoms with Crippen molar-refractivity contribution >= 4 is 28.9 Å². The van der Waals surface area contributed by atoms with Crippen molar-refractivity contribution in [2.75, 3.05) is 6.61 Å². The lowest BCUT2D eigenvalue weighted by molar-refractivity contribution is -0.143. The smallest absolute Gasteiger partial charge is 0.434 e. The Morgan fingerprint density at radius 3 is 2.62 bits per heavy atom. The van der Waals surface area contributed by atoms with E-state index in [4.69, 9.17) is 11.6 Å². The molecule has 0 N–H and O–H groups in total. The number of esters is 1. The first kappa shape index (κ1) is 18.4. The zero-order valence-corrected chi connectivity index (χ0v) is 14.8. The lowest BCUT2D eigenvalue weighted by atomic mass is 10.2. The van der Waals surface area contributed by atoms with Gasteiger partial charge in [-0.25, -0.2) is 14.5 Å². The number of carbonyl (C=O) groups is 1. The molecule has 0 spiro atoms. The molecule has 3 aromatic rings. The molecule has 0 aliphatic heterocycles. The molecule has 10 heteroatoms. The Kier molecular flexibility index (Phi) is 5.01. The molecule has 3 rings (SSSR count). The van der Waals surface area contributed by atoms with Crippen molar-refractivity contribution in [3.05, 3.63) is 52.1 Å². The van der Waals surface area contributed by atoms with Crippen LogP contribution in [0.3, 0.4) is 0 Å². The lowest BCUT2D eigenvalue weighted by Crippen LogP contribution is -2.18. The maximum atomic E-state index is 13.5. The summed E-state index contributed by atoms with van der Waals surface area (Å²) in [6.07, 6.45) is -3.96. The molecule has 0 radical (unpaired) electrons. The summed E-state index contributed by atoms with van der Waals surface area (Å²) < 4.78 is 45.8. The molecule has 0 bridgehead atoms. The molecule has 0 unspecified atom stereocenters. The number of ether oxygens (including phenoxy) is 1. The highest BCUT2D eigenvalue weighted by atomic mass is 35.5. The molecule has 0 aliphatic rings. The Labute approximate surface area is 155 Å². The number of benzene rings is 1. The van der Waals surface area contributed by atoms with Gasteiger partial charge in [-0.05, 0) is 19.1 Å². The van der Waals surface area contributed by atoms with E-state index in [0.29, 0.717) is 21.0 Å². The second kappa shape index (κ2) is 7.08. The number of carbonyl (C=O) groups excluding carboxylic acids is 1. The van der Waals surface area contributed by atoms with Gasteiger partial charge in [0.05, 0.1) is 18.5 Å². The van der Waals surface area contributed by atoms with Crippen LogP contribution in [0.4, 0.5) is 13.2 Å². The van der Waals surface area contributed by atoms with Crippen LogP contribution in [0.25, 0.3) is 16.4 Å². The first-order valence-electron chi connectivity index (χ1n) is 7.35. The quantitative estimate of drug-likeness (QED) is 0.587. The summed E-state index contributed by atoms with van der Waals surface area (Å²) in [6, 6.07) is 6.73.